The molecular weight excluding hydrogens is 290 g/mol. The van der Waals surface area contributed by atoms with Gasteiger partial charge in [0, 0.05) is 22.2 Å². The molecule has 0 radical (unpaired) electrons. The van der Waals surface area contributed by atoms with E-state index in [0.717, 1.165) is 10.6 Å². The zero-order valence-electron chi connectivity index (χ0n) is 9.93. The third kappa shape index (κ3) is 3.08. The maximum Gasteiger partial charge on any atom is 0.264 e. The van der Waals surface area contributed by atoms with Gasteiger partial charge >= 0.3 is 0 Å². The second-order valence-corrected chi connectivity index (χ2v) is 7.21. The lowest BCUT2D eigenvalue weighted by atomic mass is 10.5. The summed E-state index contributed by atoms with van der Waals surface area (Å²) >= 11 is 2.70. The number of aryl methyl sites for hydroxylation is 1. The Bertz CT molecular complexity index is 630. The van der Waals surface area contributed by atoms with E-state index in [2.05, 4.69) is 15.0 Å². The van der Waals surface area contributed by atoms with Crippen LogP contribution >= 0.6 is 22.7 Å². The van der Waals surface area contributed by atoms with E-state index in [4.69, 9.17) is 0 Å². The Kier molecular flexibility index (Phi) is 4.00. The highest BCUT2D eigenvalue weighted by atomic mass is 32.2. The number of nitrogens with one attached hydrogen (secondary N) is 2. The summed E-state index contributed by atoms with van der Waals surface area (Å²) in [6.45, 7) is 2.49. The monoisotopic (exact) mass is 303 g/mol. The number of nitrogens with zero attached hydrogens (tertiary/aromatic N) is 1. The van der Waals surface area contributed by atoms with Crippen LogP contribution in [0.1, 0.15) is 10.6 Å². The normalized spacial score (nSPS) is 11.7. The Hall–Kier alpha value is -0.960. The van der Waals surface area contributed by atoms with Gasteiger partial charge in [-0.15, -0.1) is 22.7 Å². The molecule has 0 saturated heterocycles. The number of hydrogen-bond donors (Lipinski definition) is 2. The third-order valence-corrected chi connectivity index (χ3v) is 5.54. The lowest BCUT2D eigenvalue weighted by Gasteiger charge is -2.01. The Labute approximate surface area is 114 Å². The van der Waals surface area contributed by atoms with Crippen LogP contribution in [-0.2, 0) is 16.6 Å². The van der Waals surface area contributed by atoms with Crippen LogP contribution in [0.4, 0.5) is 5.13 Å². The zero-order valence-corrected chi connectivity index (χ0v) is 12.4. The highest BCUT2D eigenvalue weighted by Crippen LogP contribution is 2.23. The first-order chi connectivity index (χ1) is 8.51. The highest BCUT2D eigenvalue weighted by molar-refractivity contribution is 7.93. The summed E-state index contributed by atoms with van der Waals surface area (Å²) in [5.41, 5.74) is 0.805. The van der Waals surface area contributed by atoms with E-state index in [1.807, 2.05) is 14.0 Å². The second-order valence-electron chi connectivity index (χ2n) is 3.68. The van der Waals surface area contributed by atoms with Crippen molar-refractivity contribution in [1.29, 1.82) is 0 Å². The van der Waals surface area contributed by atoms with E-state index in [9.17, 15) is 8.42 Å². The van der Waals surface area contributed by atoms with Gasteiger partial charge in [-0.25, -0.2) is 13.4 Å². The summed E-state index contributed by atoms with van der Waals surface area (Å²) in [7, 11) is -1.69. The van der Waals surface area contributed by atoms with Gasteiger partial charge in [0.2, 0.25) is 0 Å². The fourth-order valence-corrected chi connectivity index (χ4v) is 4.57. The molecule has 2 heterocycles. The first kappa shape index (κ1) is 13.5. The van der Waals surface area contributed by atoms with Gasteiger partial charge in [0.25, 0.3) is 10.0 Å². The molecule has 2 aromatic rings. The summed E-state index contributed by atoms with van der Waals surface area (Å²) in [5, 5.41) is 6.82. The van der Waals surface area contributed by atoms with Gasteiger partial charge in [-0.05, 0) is 20.0 Å². The van der Waals surface area contributed by atoms with Crippen LogP contribution < -0.4 is 10.0 Å². The molecule has 0 saturated carbocycles. The number of sulfonamides is 1. The summed E-state index contributed by atoms with van der Waals surface area (Å²) in [6.07, 6.45) is 0. The van der Waals surface area contributed by atoms with Gasteiger partial charge in [0.15, 0.2) is 5.13 Å². The molecular formula is C10H13N3O2S3. The molecule has 18 heavy (non-hydrogen) atoms. The first-order valence-corrected chi connectivity index (χ1v) is 8.42. The number of hydrogen-bond acceptors (Lipinski definition) is 6. The Morgan fingerprint density at radius 1 is 1.33 bits per heavy atom. The van der Waals surface area contributed by atoms with Crippen LogP contribution in [0.5, 0.6) is 0 Å². The standard InChI is InChI=1S/C10H13N3O2S3/c1-7-5-17-10(12-7)13-18(14,15)9-3-8(4-11-2)16-6-9/h3,5-6,11H,4H2,1-2H3,(H,12,13). The molecule has 98 valence electrons. The average molecular weight is 303 g/mol. The Balaban J connectivity index is 2.19. The predicted molar refractivity (Wildman–Crippen MR) is 74.7 cm³/mol. The smallest absolute Gasteiger partial charge is 0.264 e. The topological polar surface area (TPSA) is 71.1 Å². The van der Waals surface area contributed by atoms with E-state index in [1.54, 1.807) is 16.8 Å². The minimum atomic E-state index is -3.52. The number of aromatic nitrogens is 1. The van der Waals surface area contributed by atoms with E-state index in [-0.39, 0.29) is 4.90 Å². The maximum atomic E-state index is 12.1. The van der Waals surface area contributed by atoms with Gasteiger partial charge in [0.05, 0.1) is 10.6 Å². The van der Waals surface area contributed by atoms with Crippen molar-refractivity contribution in [3.63, 3.8) is 0 Å². The number of thiophene rings is 1. The van der Waals surface area contributed by atoms with Crippen molar-refractivity contribution in [3.05, 3.63) is 27.4 Å². The first-order valence-electron chi connectivity index (χ1n) is 5.18. The zero-order chi connectivity index (χ0) is 13.2. The molecule has 0 aromatic carbocycles. The van der Waals surface area contributed by atoms with Gasteiger partial charge in [-0.1, -0.05) is 0 Å². The Morgan fingerprint density at radius 2 is 2.11 bits per heavy atom. The van der Waals surface area contributed by atoms with Crippen LogP contribution in [0.2, 0.25) is 0 Å². The second kappa shape index (κ2) is 5.35. The van der Waals surface area contributed by atoms with Crippen molar-refractivity contribution in [2.45, 2.75) is 18.4 Å². The quantitative estimate of drug-likeness (QED) is 0.886. The van der Waals surface area contributed by atoms with Gasteiger partial charge < -0.3 is 5.32 Å². The van der Waals surface area contributed by atoms with Crippen molar-refractivity contribution in [2.75, 3.05) is 11.8 Å². The highest BCUT2D eigenvalue weighted by Gasteiger charge is 2.17. The molecule has 0 atom stereocenters. The largest absolute Gasteiger partial charge is 0.315 e. The lowest BCUT2D eigenvalue weighted by molar-refractivity contribution is 0.601. The van der Waals surface area contributed by atoms with Crippen molar-refractivity contribution >= 4 is 37.8 Å². The van der Waals surface area contributed by atoms with Crippen molar-refractivity contribution in [2.24, 2.45) is 0 Å². The van der Waals surface area contributed by atoms with E-state index < -0.39 is 10.0 Å². The molecule has 8 heteroatoms. The molecule has 0 bridgehead atoms. The van der Waals surface area contributed by atoms with Crippen LogP contribution in [-0.4, -0.2) is 20.4 Å². The fraction of sp³-hybridized carbons (Fsp3) is 0.300. The molecule has 2 aromatic heterocycles. The van der Waals surface area contributed by atoms with Crippen LogP contribution in [0.25, 0.3) is 0 Å². The van der Waals surface area contributed by atoms with E-state index >= 15 is 0 Å². The molecule has 0 fully saturated rings. The predicted octanol–water partition coefficient (Wildman–Crippen LogP) is 2.03. The van der Waals surface area contributed by atoms with Crippen molar-refractivity contribution < 1.29 is 8.42 Å². The summed E-state index contributed by atoms with van der Waals surface area (Å²) in [4.78, 5) is 5.35. The molecule has 2 rings (SSSR count). The van der Waals surface area contributed by atoms with Gasteiger partial charge in [-0.3, -0.25) is 4.72 Å². The van der Waals surface area contributed by atoms with E-state index in [0.29, 0.717) is 11.7 Å². The summed E-state index contributed by atoms with van der Waals surface area (Å²) < 4.78 is 26.6. The minimum Gasteiger partial charge on any atom is -0.315 e. The minimum absolute atomic E-state index is 0.283. The van der Waals surface area contributed by atoms with Gasteiger partial charge in [-0.2, -0.15) is 0 Å². The van der Waals surface area contributed by atoms with Crippen LogP contribution in [0.15, 0.2) is 21.7 Å². The molecule has 2 N–H and O–H groups in total. The third-order valence-electron chi connectivity index (χ3n) is 2.13. The Morgan fingerprint density at radius 3 is 2.72 bits per heavy atom. The van der Waals surface area contributed by atoms with Crippen molar-refractivity contribution in [1.82, 2.24) is 10.3 Å². The maximum absolute atomic E-state index is 12.1. The SMILES string of the molecule is CNCc1cc(S(=O)(=O)Nc2nc(C)cs2)cs1. The molecule has 0 spiro atoms. The molecule has 0 amide bonds. The number of rotatable bonds is 5. The summed E-state index contributed by atoms with van der Waals surface area (Å²) in [6, 6.07) is 1.67. The van der Waals surface area contributed by atoms with E-state index in [1.165, 1.54) is 22.7 Å². The summed E-state index contributed by atoms with van der Waals surface area (Å²) in [5.74, 6) is 0. The van der Waals surface area contributed by atoms with Crippen LogP contribution in [0, 0.1) is 6.92 Å². The molecule has 5 nitrogen and oxygen atoms in total. The number of thiazole rings is 1. The fourth-order valence-electron chi connectivity index (χ4n) is 1.34. The molecule has 0 unspecified atom stereocenters. The number of anilines is 1. The molecule has 0 aliphatic carbocycles. The molecule has 0 aliphatic rings. The lowest BCUT2D eigenvalue weighted by Crippen LogP contribution is -2.12. The van der Waals surface area contributed by atoms with Gasteiger partial charge in [0.1, 0.15) is 0 Å². The van der Waals surface area contributed by atoms with Crippen molar-refractivity contribution in [3.8, 4) is 0 Å². The molecule has 0 aliphatic heterocycles. The van der Waals surface area contributed by atoms with Crippen LogP contribution in [0.3, 0.4) is 0 Å². The average Bonchev–Trinajstić information content (AvgIpc) is 2.88.